The molecule has 0 bridgehead atoms. The van der Waals surface area contributed by atoms with E-state index in [0.717, 1.165) is 26.0 Å². The number of hydrogen-bond acceptors (Lipinski definition) is 4. The standard InChI is InChI=1S/C12H24N2O3/c1-3-10-9-14(6-4-7-17-10)12(15)11(13)5-8-16-2/h10-11H,3-9,13H2,1-2H3. The van der Waals surface area contributed by atoms with E-state index in [2.05, 4.69) is 6.92 Å². The van der Waals surface area contributed by atoms with Crippen molar-refractivity contribution in [3.63, 3.8) is 0 Å². The molecule has 2 N–H and O–H groups in total. The molecule has 0 saturated carbocycles. The second-order valence-corrected chi connectivity index (χ2v) is 4.43. The maximum Gasteiger partial charge on any atom is 0.239 e. The molecule has 1 aliphatic rings. The summed E-state index contributed by atoms with van der Waals surface area (Å²) in [6.07, 6.45) is 2.54. The van der Waals surface area contributed by atoms with Crippen molar-refractivity contribution in [3.05, 3.63) is 0 Å². The van der Waals surface area contributed by atoms with E-state index in [4.69, 9.17) is 15.2 Å². The lowest BCUT2D eigenvalue weighted by Gasteiger charge is -2.26. The molecule has 5 nitrogen and oxygen atoms in total. The summed E-state index contributed by atoms with van der Waals surface area (Å²) in [5.74, 6) is 0.0194. The minimum Gasteiger partial charge on any atom is -0.385 e. The number of hydrogen-bond donors (Lipinski definition) is 1. The number of nitrogens with two attached hydrogens (primary N) is 1. The molecule has 0 aromatic rings. The van der Waals surface area contributed by atoms with Crippen molar-refractivity contribution >= 4 is 5.91 Å². The minimum absolute atomic E-state index is 0.0194. The van der Waals surface area contributed by atoms with Gasteiger partial charge >= 0.3 is 0 Å². The van der Waals surface area contributed by atoms with Crippen molar-refractivity contribution < 1.29 is 14.3 Å². The Morgan fingerprint density at radius 1 is 1.65 bits per heavy atom. The second kappa shape index (κ2) is 7.63. The van der Waals surface area contributed by atoms with Crippen LogP contribution in [0.4, 0.5) is 0 Å². The summed E-state index contributed by atoms with van der Waals surface area (Å²) in [6, 6.07) is -0.453. The van der Waals surface area contributed by atoms with Gasteiger partial charge < -0.3 is 20.1 Å². The molecule has 100 valence electrons. The van der Waals surface area contributed by atoms with Crippen LogP contribution >= 0.6 is 0 Å². The Labute approximate surface area is 103 Å². The molecule has 0 aromatic carbocycles. The first-order valence-electron chi connectivity index (χ1n) is 6.34. The van der Waals surface area contributed by atoms with Crippen LogP contribution in [0.3, 0.4) is 0 Å². The Kier molecular flexibility index (Phi) is 6.47. The molecular weight excluding hydrogens is 220 g/mol. The van der Waals surface area contributed by atoms with Gasteiger partial charge in [-0.2, -0.15) is 0 Å². The fourth-order valence-electron chi connectivity index (χ4n) is 1.95. The van der Waals surface area contributed by atoms with Crippen LogP contribution in [0.25, 0.3) is 0 Å². The van der Waals surface area contributed by atoms with Crippen LogP contribution in [0.2, 0.25) is 0 Å². The van der Waals surface area contributed by atoms with Crippen molar-refractivity contribution in [2.75, 3.05) is 33.4 Å². The van der Waals surface area contributed by atoms with Crippen LogP contribution < -0.4 is 5.73 Å². The third kappa shape index (κ3) is 4.61. The van der Waals surface area contributed by atoms with Gasteiger partial charge in [0.05, 0.1) is 12.1 Å². The Morgan fingerprint density at radius 2 is 2.41 bits per heavy atom. The maximum absolute atomic E-state index is 12.1. The highest BCUT2D eigenvalue weighted by molar-refractivity contribution is 5.81. The zero-order valence-corrected chi connectivity index (χ0v) is 10.9. The number of carbonyl (C=O) groups is 1. The SMILES string of the molecule is CCC1CN(C(=O)C(N)CCOC)CCCO1. The number of methoxy groups -OCH3 is 1. The average Bonchev–Trinajstić information content (AvgIpc) is 2.60. The molecule has 0 aromatic heterocycles. The Hall–Kier alpha value is -0.650. The van der Waals surface area contributed by atoms with Crippen molar-refractivity contribution in [2.45, 2.75) is 38.3 Å². The first kappa shape index (κ1) is 14.4. The Bertz CT molecular complexity index is 236. The van der Waals surface area contributed by atoms with E-state index in [0.29, 0.717) is 19.6 Å². The number of ether oxygens (including phenoxy) is 2. The highest BCUT2D eigenvalue weighted by Gasteiger charge is 2.25. The largest absolute Gasteiger partial charge is 0.385 e. The molecule has 0 spiro atoms. The molecule has 17 heavy (non-hydrogen) atoms. The molecule has 1 saturated heterocycles. The summed E-state index contributed by atoms with van der Waals surface area (Å²) in [5, 5.41) is 0. The molecule has 1 fully saturated rings. The van der Waals surface area contributed by atoms with Crippen LogP contribution in [-0.2, 0) is 14.3 Å². The Balaban J connectivity index is 2.48. The highest BCUT2D eigenvalue weighted by atomic mass is 16.5. The van der Waals surface area contributed by atoms with Gasteiger partial charge in [0.2, 0.25) is 5.91 Å². The van der Waals surface area contributed by atoms with E-state index in [9.17, 15) is 4.79 Å². The summed E-state index contributed by atoms with van der Waals surface area (Å²) >= 11 is 0. The summed E-state index contributed by atoms with van der Waals surface area (Å²) < 4.78 is 10.6. The zero-order chi connectivity index (χ0) is 12.7. The van der Waals surface area contributed by atoms with Gasteiger partial charge in [0, 0.05) is 33.4 Å². The normalized spacial score (nSPS) is 23.2. The molecule has 0 radical (unpaired) electrons. The molecule has 5 heteroatoms. The number of carbonyl (C=O) groups excluding carboxylic acids is 1. The van der Waals surface area contributed by atoms with E-state index in [1.165, 1.54) is 0 Å². The van der Waals surface area contributed by atoms with Gasteiger partial charge in [0.1, 0.15) is 0 Å². The second-order valence-electron chi connectivity index (χ2n) is 4.43. The van der Waals surface area contributed by atoms with E-state index in [-0.39, 0.29) is 12.0 Å². The lowest BCUT2D eigenvalue weighted by atomic mass is 10.1. The van der Waals surface area contributed by atoms with E-state index >= 15 is 0 Å². The van der Waals surface area contributed by atoms with Crippen LogP contribution in [0.15, 0.2) is 0 Å². The van der Waals surface area contributed by atoms with Gasteiger partial charge in [-0.1, -0.05) is 6.92 Å². The van der Waals surface area contributed by atoms with E-state index in [1.54, 1.807) is 7.11 Å². The lowest BCUT2D eigenvalue weighted by molar-refractivity contribution is -0.133. The minimum atomic E-state index is -0.453. The molecule has 1 aliphatic heterocycles. The van der Waals surface area contributed by atoms with Gasteiger partial charge in [-0.3, -0.25) is 4.79 Å². The smallest absolute Gasteiger partial charge is 0.239 e. The quantitative estimate of drug-likeness (QED) is 0.759. The number of rotatable bonds is 5. The third-order valence-corrected chi connectivity index (χ3v) is 3.07. The van der Waals surface area contributed by atoms with E-state index in [1.807, 2.05) is 4.90 Å². The first-order valence-corrected chi connectivity index (χ1v) is 6.34. The summed E-state index contributed by atoms with van der Waals surface area (Å²) in [5.41, 5.74) is 5.86. The van der Waals surface area contributed by atoms with Crippen molar-refractivity contribution in [3.8, 4) is 0 Å². The number of nitrogens with zero attached hydrogens (tertiary/aromatic N) is 1. The molecule has 1 rings (SSSR count). The molecule has 0 aliphatic carbocycles. The molecule has 2 atom stereocenters. The number of amides is 1. The lowest BCUT2D eigenvalue weighted by Crippen LogP contribution is -2.46. The fourth-order valence-corrected chi connectivity index (χ4v) is 1.95. The summed E-state index contributed by atoms with van der Waals surface area (Å²) in [6.45, 7) is 4.74. The predicted octanol–water partition coefficient (Wildman–Crippen LogP) is 0.378. The average molecular weight is 244 g/mol. The van der Waals surface area contributed by atoms with Crippen LogP contribution in [0, 0.1) is 0 Å². The molecule has 2 unspecified atom stereocenters. The van der Waals surface area contributed by atoms with Crippen molar-refractivity contribution in [2.24, 2.45) is 5.73 Å². The predicted molar refractivity (Wildman–Crippen MR) is 65.7 cm³/mol. The van der Waals surface area contributed by atoms with Crippen LogP contribution in [0.1, 0.15) is 26.2 Å². The summed E-state index contributed by atoms with van der Waals surface area (Å²) in [4.78, 5) is 13.9. The van der Waals surface area contributed by atoms with Crippen molar-refractivity contribution in [1.29, 1.82) is 0 Å². The fraction of sp³-hybridized carbons (Fsp3) is 0.917. The molecule has 1 amide bonds. The van der Waals surface area contributed by atoms with Crippen LogP contribution in [0.5, 0.6) is 0 Å². The van der Waals surface area contributed by atoms with Crippen molar-refractivity contribution in [1.82, 2.24) is 4.90 Å². The maximum atomic E-state index is 12.1. The first-order chi connectivity index (χ1) is 8.19. The highest BCUT2D eigenvalue weighted by Crippen LogP contribution is 2.10. The monoisotopic (exact) mass is 244 g/mol. The molecule has 1 heterocycles. The van der Waals surface area contributed by atoms with Gasteiger partial charge in [0.15, 0.2) is 0 Å². The van der Waals surface area contributed by atoms with Gasteiger partial charge in [-0.15, -0.1) is 0 Å². The van der Waals surface area contributed by atoms with Gasteiger partial charge in [-0.05, 0) is 19.3 Å². The van der Waals surface area contributed by atoms with Gasteiger partial charge in [-0.25, -0.2) is 0 Å². The Morgan fingerprint density at radius 3 is 3.06 bits per heavy atom. The molecular formula is C12H24N2O3. The van der Waals surface area contributed by atoms with E-state index < -0.39 is 6.04 Å². The van der Waals surface area contributed by atoms with Gasteiger partial charge in [0.25, 0.3) is 0 Å². The third-order valence-electron chi connectivity index (χ3n) is 3.07. The van der Waals surface area contributed by atoms with Crippen LogP contribution in [-0.4, -0.2) is 56.4 Å². The zero-order valence-electron chi connectivity index (χ0n) is 10.9. The topological polar surface area (TPSA) is 64.8 Å². The summed E-state index contributed by atoms with van der Waals surface area (Å²) in [7, 11) is 1.62.